The molecule has 0 spiro atoms. The lowest BCUT2D eigenvalue weighted by Gasteiger charge is -2.42. The van der Waals surface area contributed by atoms with Crippen molar-refractivity contribution in [3.8, 4) is 0 Å². The lowest BCUT2D eigenvalue weighted by atomic mass is 9.91. The van der Waals surface area contributed by atoms with Crippen LogP contribution in [0.3, 0.4) is 0 Å². The highest BCUT2D eigenvalue weighted by molar-refractivity contribution is 7.89. The lowest BCUT2D eigenvalue weighted by Crippen LogP contribution is -2.60. The fourth-order valence-corrected chi connectivity index (χ4v) is 8.60. The Kier molecular flexibility index (Phi) is 8.03. The van der Waals surface area contributed by atoms with Crippen LogP contribution in [0.4, 0.5) is 9.59 Å². The van der Waals surface area contributed by atoms with Gasteiger partial charge >= 0.3 is 12.2 Å². The lowest BCUT2D eigenvalue weighted by molar-refractivity contribution is 0.0328. The maximum Gasteiger partial charge on any atom is 0.418 e. The summed E-state index contributed by atoms with van der Waals surface area (Å²) in [5.74, 6) is 0.0935. The molecule has 0 unspecified atom stereocenters. The highest BCUT2D eigenvalue weighted by Gasteiger charge is 2.45. The van der Waals surface area contributed by atoms with E-state index in [9.17, 15) is 18.0 Å². The predicted octanol–water partition coefficient (Wildman–Crippen LogP) is 5.02. The minimum absolute atomic E-state index is 0.0366. The van der Waals surface area contributed by atoms with Crippen molar-refractivity contribution in [1.29, 1.82) is 0 Å². The van der Waals surface area contributed by atoms with Gasteiger partial charge in [0.05, 0.1) is 11.0 Å². The van der Waals surface area contributed by atoms with Gasteiger partial charge in [0.15, 0.2) is 0 Å². The van der Waals surface area contributed by atoms with E-state index in [2.05, 4.69) is 4.98 Å². The first-order valence-electron chi connectivity index (χ1n) is 15.0. The average molecular weight is 573 g/mol. The fourth-order valence-electron chi connectivity index (χ4n) is 6.72. The number of piperidine rings is 1. The van der Waals surface area contributed by atoms with E-state index in [0.717, 1.165) is 68.0 Å². The van der Waals surface area contributed by atoms with Crippen molar-refractivity contribution in [2.75, 3.05) is 26.2 Å². The summed E-state index contributed by atoms with van der Waals surface area (Å²) >= 11 is 0. The number of hydrogen-bond acceptors (Lipinski definition) is 7. The van der Waals surface area contributed by atoms with E-state index in [1.165, 1.54) is 17.7 Å². The molecule has 2 aromatic heterocycles. The number of sulfonamides is 1. The van der Waals surface area contributed by atoms with Crippen LogP contribution in [0.5, 0.6) is 0 Å². The second-order valence-electron chi connectivity index (χ2n) is 11.9. The van der Waals surface area contributed by atoms with Crippen LogP contribution >= 0.6 is 0 Å². The van der Waals surface area contributed by atoms with Crippen LogP contribution in [0.1, 0.15) is 88.5 Å². The molecule has 6 rings (SSSR count). The first-order valence-corrected chi connectivity index (χ1v) is 16.5. The van der Waals surface area contributed by atoms with Gasteiger partial charge in [0, 0.05) is 38.6 Å². The summed E-state index contributed by atoms with van der Waals surface area (Å²) in [6.07, 6.45) is 14.3. The fraction of sp³-hybridized carbons (Fsp3) is 0.690. The molecule has 1 amide bonds. The number of nitrogens with zero attached hydrogens (tertiary/aromatic N) is 4. The van der Waals surface area contributed by atoms with Crippen molar-refractivity contribution < 1.29 is 27.5 Å². The van der Waals surface area contributed by atoms with Gasteiger partial charge in [0.1, 0.15) is 17.5 Å². The molecule has 4 heterocycles. The molecule has 0 radical (unpaired) electrons. The maximum atomic E-state index is 13.3. The molecular formula is C29H40N4O6S. The summed E-state index contributed by atoms with van der Waals surface area (Å²) in [4.78, 5) is 31.7. The monoisotopic (exact) mass is 572 g/mol. The topological polar surface area (TPSA) is 111 Å². The Morgan fingerprint density at radius 1 is 0.825 bits per heavy atom. The molecule has 0 aromatic carbocycles. The number of pyridine rings is 1. The summed E-state index contributed by atoms with van der Waals surface area (Å²) < 4.78 is 41.2. The molecule has 2 saturated heterocycles. The number of fused-ring (bicyclic) bond motifs is 1. The standard InChI is InChI=1S/C29H40N4O6S/c34-28(38-22-8-3-1-4-9-22)31-18-24(19-31)40(36,37)32-16-13-21(14-17-32)25-20-33(26-12-7-15-30-27(25)26)29(35)39-23-10-5-2-6-11-23/h7,12,15,20-24H,1-6,8-11,13-14,16-19H2. The minimum Gasteiger partial charge on any atom is -0.446 e. The van der Waals surface area contributed by atoms with Crippen LogP contribution in [0.25, 0.3) is 11.0 Å². The van der Waals surface area contributed by atoms with Gasteiger partial charge in [-0.25, -0.2) is 22.3 Å². The minimum atomic E-state index is -3.51. The highest BCUT2D eigenvalue weighted by Crippen LogP contribution is 2.36. The smallest absolute Gasteiger partial charge is 0.418 e. The predicted molar refractivity (Wildman–Crippen MR) is 150 cm³/mol. The number of ether oxygens (including phenoxy) is 2. The van der Waals surface area contributed by atoms with Crippen LogP contribution in [0, 0.1) is 0 Å². The van der Waals surface area contributed by atoms with E-state index in [0.29, 0.717) is 25.9 Å². The SMILES string of the molecule is O=C(OC1CCCCC1)N1CC(S(=O)(=O)N2CCC(c3cn(C(=O)OC4CCCCC4)c4cccnc34)CC2)C1. The third-order valence-corrected chi connectivity index (χ3v) is 11.4. The normalized spacial score (nSPS) is 22.8. The Morgan fingerprint density at radius 2 is 1.43 bits per heavy atom. The van der Waals surface area contributed by atoms with Gasteiger partial charge in [-0.15, -0.1) is 0 Å². The Balaban J connectivity index is 1.06. The van der Waals surface area contributed by atoms with Gasteiger partial charge in [-0.2, -0.15) is 0 Å². The second-order valence-corrected chi connectivity index (χ2v) is 14.1. The van der Waals surface area contributed by atoms with E-state index < -0.39 is 15.3 Å². The molecule has 11 heteroatoms. The maximum absolute atomic E-state index is 13.3. The zero-order valence-electron chi connectivity index (χ0n) is 23.1. The zero-order valence-corrected chi connectivity index (χ0v) is 23.9. The molecule has 2 aromatic rings. The number of hydrogen-bond donors (Lipinski definition) is 0. The van der Waals surface area contributed by atoms with Crippen LogP contribution in [0.2, 0.25) is 0 Å². The van der Waals surface area contributed by atoms with Crippen LogP contribution in [-0.4, -0.2) is 83.0 Å². The van der Waals surface area contributed by atoms with E-state index in [-0.39, 0.29) is 43.4 Å². The van der Waals surface area contributed by atoms with Crippen molar-refractivity contribution in [3.05, 3.63) is 30.1 Å². The Bertz CT molecular complexity index is 1320. The summed E-state index contributed by atoms with van der Waals surface area (Å²) in [5.41, 5.74) is 2.46. The Morgan fingerprint density at radius 3 is 2.05 bits per heavy atom. The van der Waals surface area contributed by atoms with Crippen LogP contribution in [-0.2, 0) is 19.5 Å². The second kappa shape index (κ2) is 11.7. The van der Waals surface area contributed by atoms with Gasteiger partial charge in [-0.3, -0.25) is 9.55 Å². The first kappa shape index (κ1) is 27.5. The van der Waals surface area contributed by atoms with Gasteiger partial charge in [-0.05, 0) is 87.8 Å². The molecule has 4 aliphatic rings. The summed E-state index contributed by atoms with van der Waals surface area (Å²) in [6, 6.07) is 3.70. The number of amides is 1. The van der Waals surface area contributed by atoms with Crippen molar-refractivity contribution in [1.82, 2.24) is 18.8 Å². The molecule has 10 nitrogen and oxygen atoms in total. The van der Waals surface area contributed by atoms with Crippen molar-refractivity contribution in [3.63, 3.8) is 0 Å². The number of carbonyl (C=O) groups excluding carboxylic acids is 2. The Labute approximate surface area is 236 Å². The molecular weight excluding hydrogens is 532 g/mol. The van der Waals surface area contributed by atoms with Gasteiger partial charge < -0.3 is 14.4 Å². The molecule has 4 fully saturated rings. The molecule has 2 aliphatic carbocycles. The largest absolute Gasteiger partial charge is 0.446 e. The molecule has 0 atom stereocenters. The first-order chi connectivity index (χ1) is 19.4. The third-order valence-electron chi connectivity index (χ3n) is 9.20. The van der Waals surface area contributed by atoms with Gasteiger partial charge in [-0.1, -0.05) is 12.8 Å². The number of aromatic nitrogens is 2. The number of carbonyl (C=O) groups is 2. The Hall–Kier alpha value is -2.66. The van der Waals surface area contributed by atoms with E-state index in [4.69, 9.17) is 9.47 Å². The van der Waals surface area contributed by atoms with E-state index >= 15 is 0 Å². The van der Waals surface area contributed by atoms with Crippen molar-refractivity contribution >= 4 is 33.2 Å². The summed E-state index contributed by atoms with van der Waals surface area (Å²) in [6.45, 7) is 1.19. The molecule has 40 heavy (non-hydrogen) atoms. The van der Waals surface area contributed by atoms with Gasteiger partial charge in [0.25, 0.3) is 0 Å². The molecule has 2 aliphatic heterocycles. The molecule has 0 N–H and O–H groups in total. The third kappa shape index (κ3) is 5.59. The van der Waals surface area contributed by atoms with Crippen molar-refractivity contribution in [2.24, 2.45) is 0 Å². The summed E-state index contributed by atoms with van der Waals surface area (Å²) in [7, 11) is -3.51. The molecule has 0 bridgehead atoms. The van der Waals surface area contributed by atoms with Crippen LogP contribution < -0.4 is 0 Å². The molecule has 218 valence electrons. The quantitative estimate of drug-likeness (QED) is 0.495. The average Bonchev–Trinajstić information content (AvgIpc) is 3.33. The highest BCUT2D eigenvalue weighted by atomic mass is 32.2. The van der Waals surface area contributed by atoms with E-state index in [1.807, 2.05) is 18.3 Å². The van der Waals surface area contributed by atoms with Crippen LogP contribution in [0.15, 0.2) is 24.5 Å². The summed E-state index contributed by atoms with van der Waals surface area (Å²) in [5, 5.41) is -0.582. The van der Waals surface area contributed by atoms with Gasteiger partial charge in [0.2, 0.25) is 10.0 Å². The number of rotatable bonds is 5. The zero-order chi connectivity index (χ0) is 27.7. The van der Waals surface area contributed by atoms with E-state index in [1.54, 1.807) is 15.1 Å². The number of likely N-dealkylation sites (tertiary alicyclic amines) is 1. The molecule has 2 saturated carbocycles. The van der Waals surface area contributed by atoms with Crippen molar-refractivity contribution in [2.45, 2.75) is 100 Å².